The summed E-state index contributed by atoms with van der Waals surface area (Å²) in [5.41, 5.74) is 7.53. The lowest BCUT2D eigenvalue weighted by Gasteiger charge is -2.15. The van der Waals surface area contributed by atoms with E-state index in [2.05, 4.69) is 15.0 Å². The monoisotopic (exact) mass is 297 g/mol. The summed E-state index contributed by atoms with van der Waals surface area (Å²) >= 11 is 0. The molecule has 0 spiro atoms. The minimum Gasteiger partial charge on any atom is -0.394 e. The average Bonchev–Trinajstić information content (AvgIpc) is 2.86. The number of aromatic amines is 1. The molecule has 2 N–H and O–H groups in total. The van der Waals surface area contributed by atoms with Gasteiger partial charge in [0, 0.05) is 23.1 Å². The predicted molar refractivity (Wildman–Crippen MR) is 70.6 cm³/mol. The van der Waals surface area contributed by atoms with E-state index in [0.717, 1.165) is 0 Å². The lowest BCUT2D eigenvalue weighted by Crippen LogP contribution is -2.33. The van der Waals surface area contributed by atoms with E-state index in [4.69, 9.17) is 15.0 Å². The van der Waals surface area contributed by atoms with Crippen molar-refractivity contribution >= 4 is 0 Å². The van der Waals surface area contributed by atoms with Gasteiger partial charge in [0.05, 0.1) is 12.7 Å². The Balaban J connectivity index is 2.19. The van der Waals surface area contributed by atoms with Crippen LogP contribution in [0.3, 0.4) is 0 Å². The van der Waals surface area contributed by atoms with Crippen LogP contribution in [0.25, 0.3) is 10.4 Å². The molecular formula is C11H15N5O5. The number of aliphatic hydroxyl groups is 1. The van der Waals surface area contributed by atoms with E-state index in [0.29, 0.717) is 5.56 Å². The number of H-pyrrole nitrogens is 1. The van der Waals surface area contributed by atoms with Crippen molar-refractivity contribution in [3.8, 4) is 0 Å². The lowest BCUT2D eigenvalue weighted by molar-refractivity contribution is -0.0613. The van der Waals surface area contributed by atoms with Crippen LogP contribution < -0.4 is 11.2 Å². The van der Waals surface area contributed by atoms with Crippen LogP contribution >= 0.6 is 0 Å². The quantitative estimate of drug-likeness (QED) is 0.438. The fraction of sp³-hybridized carbons (Fsp3) is 0.636. The van der Waals surface area contributed by atoms with Crippen molar-refractivity contribution in [3.05, 3.63) is 43.0 Å². The van der Waals surface area contributed by atoms with Gasteiger partial charge in [-0.15, -0.1) is 0 Å². The SMILES string of the molecule is Cc1cn([C@@H]2C[C@H](OCN=[N+]=[N-])[C@H](CO)O2)c(=O)[nH]c1=O. The first-order chi connectivity index (χ1) is 10.1. The maximum Gasteiger partial charge on any atom is 0.330 e. The van der Waals surface area contributed by atoms with Gasteiger partial charge in [0.25, 0.3) is 5.56 Å². The fourth-order valence-electron chi connectivity index (χ4n) is 2.17. The molecule has 0 bridgehead atoms. The van der Waals surface area contributed by atoms with E-state index in [1.54, 1.807) is 6.92 Å². The van der Waals surface area contributed by atoms with Gasteiger partial charge in [-0.05, 0) is 12.5 Å². The van der Waals surface area contributed by atoms with Gasteiger partial charge in [0.2, 0.25) is 0 Å². The summed E-state index contributed by atoms with van der Waals surface area (Å²) in [7, 11) is 0. The summed E-state index contributed by atoms with van der Waals surface area (Å²) in [5.74, 6) is 0. The molecule has 1 saturated heterocycles. The molecule has 2 rings (SSSR count). The van der Waals surface area contributed by atoms with Crippen molar-refractivity contribution in [1.82, 2.24) is 9.55 Å². The number of aromatic nitrogens is 2. The standard InChI is InChI=1S/C11H15N5O5/c1-6-3-16(11(19)14-10(6)18)9-2-7(8(4-17)21-9)20-5-13-15-12/h3,7-9,17H,2,4-5H2,1H3,(H,14,18,19)/t7-,8-,9-/m0/s1. The Morgan fingerprint density at radius 2 is 2.43 bits per heavy atom. The average molecular weight is 297 g/mol. The van der Waals surface area contributed by atoms with Crippen LogP contribution in [0.15, 0.2) is 20.9 Å². The van der Waals surface area contributed by atoms with Gasteiger partial charge >= 0.3 is 5.69 Å². The number of hydrogen-bond acceptors (Lipinski definition) is 6. The third-order valence-corrected chi connectivity index (χ3v) is 3.23. The zero-order valence-corrected chi connectivity index (χ0v) is 11.3. The first-order valence-electron chi connectivity index (χ1n) is 6.27. The van der Waals surface area contributed by atoms with E-state index in [9.17, 15) is 14.7 Å². The van der Waals surface area contributed by atoms with Crippen LogP contribution in [0.1, 0.15) is 18.2 Å². The fourth-order valence-corrected chi connectivity index (χ4v) is 2.17. The van der Waals surface area contributed by atoms with Gasteiger partial charge < -0.3 is 14.6 Å². The van der Waals surface area contributed by atoms with Gasteiger partial charge in [0.15, 0.2) is 0 Å². The van der Waals surface area contributed by atoms with Crippen molar-refractivity contribution in [3.63, 3.8) is 0 Å². The highest BCUT2D eigenvalue weighted by molar-refractivity contribution is 5.02. The maximum atomic E-state index is 11.8. The first-order valence-corrected chi connectivity index (χ1v) is 6.27. The molecule has 1 aliphatic heterocycles. The molecule has 10 heteroatoms. The minimum absolute atomic E-state index is 0.187. The zero-order valence-electron chi connectivity index (χ0n) is 11.3. The number of rotatable bonds is 5. The van der Waals surface area contributed by atoms with Crippen molar-refractivity contribution in [2.75, 3.05) is 13.3 Å². The van der Waals surface area contributed by atoms with Crippen molar-refractivity contribution in [2.45, 2.75) is 31.8 Å². The Kier molecular flexibility index (Phi) is 4.76. The molecule has 1 aliphatic rings. The van der Waals surface area contributed by atoms with E-state index in [1.165, 1.54) is 10.8 Å². The number of nitrogens with one attached hydrogen (secondary N) is 1. The molecule has 0 aliphatic carbocycles. The van der Waals surface area contributed by atoms with Crippen LogP contribution in [-0.2, 0) is 9.47 Å². The Hall–Kier alpha value is -2.13. The third kappa shape index (κ3) is 3.31. The van der Waals surface area contributed by atoms with Gasteiger partial charge in [-0.1, -0.05) is 5.11 Å². The number of aliphatic hydroxyl groups excluding tert-OH is 1. The molecule has 1 aromatic rings. The second kappa shape index (κ2) is 6.55. The normalized spacial score (nSPS) is 24.8. The topological polar surface area (TPSA) is 142 Å². The van der Waals surface area contributed by atoms with Gasteiger partial charge in [-0.3, -0.25) is 14.3 Å². The van der Waals surface area contributed by atoms with Crippen LogP contribution in [0.4, 0.5) is 0 Å². The summed E-state index contributed by atoms with van der Waals surface area (Å²) in [4.78, 5) is 27.9. The van der Waals surface area contributed by atoms with E-state index in [1.807, 2.05) is 0 Å². The highest BCUT2D eigenvalue weighted by atomic mass is 16.6. The Morgan fingerprint density at radius 3 is 3.10 bits per heavy atom. The largest absolute Gasteiger partial charge is 0.394 e. The van der Waals surface area contributed by atoms with Crippen molar-refractivity contribution in [1.29, 1.82) is 0 Å². The van der Waals surface area contributed by atoms with E-state index < -0.39 is 29.7 Å². The van der Waals surface area contributed by atoms with Crippen molar-refractivity contribution < 1.29 is 14.6 Å². The number of ether oxygens (including phenoxy) is 2. The number of azide groups is 1. The molecule has 1 fully saturated rings. The van der Waals surface area contributed by atoms with Gasteiger partial charge in [-0.25, -0.2) is 4.79 Å². The summed E-state index contributed by atoms with van der Waals surface area (Å²) in [6.45, 7) is 1.09. The second-order valence-corrected chi connectivity index (χ2v) is 4.59. The molecule has 1 aromatic heterocycles. The zero-order chi connectivity index (χ0) is 15.4. The Morgan fingerprint density at radius 1 is 1.67 bits per heavy atom. The molecule has 0 amide bonds. The third-order valence-electron chi connectivity index (χ3n) is 3.23. The molecule has 0 unspecified atom stereocenters. The summed E-state index contributed by atoms with van der Waals surface area (Å²) in [6.07, 6.45) is -0.123. The molecule has 21 heavy (non-hydrogen) atoms. The lowest BCUT2D eigenvalue weighted by atomic mass is 10.2. The van der Waals surface area contributed by atoms with Gasteiger partial charge in [0.1, 0.15) is 19.1 Å². The molecule has 114 valence electrons. The molecule has 0 radical (unpaired) electrons. The molecule has 2 heterocycles. The van der Waals surface area contributed by atoms with E-state index in [-0.39, 0.29) is 19.8 Å². The minimum atomic E-state index is -0.665. The predicted octanol–water partition coefficient (Wildman–Crippen LogP) is -0.222. The van der Waals surface area contributed by atoms with E-state index >= 15 is 0 Å². The smallest absolute Gasteiger partial charge is 0.330 e. The first kappa shape index (κ1) is 15.3. The number of aryl methyl sites for hydroxylation is 1. The molecule has 3 atom stereocenters. The van der Waals surface area contributed by atoms with Gasteiger partial charge in [-0.2, -0.15) is 0 Å². The summed E-state index contributed by atoms with van der Waals surface area (Å²) < 4.78 is 12.1. The highest BCUT2D eigenvalue weighted by Crippen LogP contribution is 2.29. The Labute approximate surface area is 118 Å². The summed E-state index contributed by atoms with van der Waals surface area (Å²) in [6, 6.07) is 0. The number of nitrogens with zero attached hydrogens (tertiary/aromatic N) is 4. The second-order valence-electron chi connectivity index (χ2n) is 4.59. The van der Waals surface area contributed by atoms with Crippen LogP contribution in [0.5, 0.6) is 0 Å². The summed E-state index contributed by atoms with van der Waals surface area (Å²) in [5, 5.41) is 12.5. The van der Waals surface area contributed by atoms with Crippen molar-refractivity contribution in [2.24, 2.45) is 5.11 Å². The molecule has 10 nitrogen and oxygen atoms in total. The highest BCUT2D eigenvalue weighted by Gasteiger charge is 2.37. The van der Waals surface area contributed by atoms with Crippen LogP contribution in [0.2, 0.25) is 0 Å². The number of hydrogen-bond donors (Lipinski definition) is 2. The molecule has 0 saturated carbocycles. The molecular weight excluding hydrogens is 282 g/mol. The van der Waals surface area contributed by atoms with Crippen LogP contribution in [0, 0.1) is 6.92 Å². The maximum absolute atomic E-state index is 11.8. The van der Waals surface area contributed by atoms with Crippen LogP contribution in [-0.4, -0.2) is 40.2 Å². The molecule has 0 aromatic carbocycles. The Bertz CT molecular complexity index is 662.